The molecular weight excluding hydrogens is 747 g/mol. The van der Waals surface area contributed by atoms with Crippen LogP contribution in [0.1, 0.15) is 16.7 Å². The molecule has 0 saturated heterocycles. The van der Waals surface area contributed by atoms with Gasteiger partial charge in [0.25, 0.3) is 0 Å². The highest BCUT2D eigenvalue weighted by molar-refractivity contribution is 14.1. The molecule has 0 saturated carbocycles. The lowest BCUT2D eigenvalue weighted by Crippen LogP contribution is -2.06. The topological polar surface area (TPSA) is 18.5 Å². The number of hydrogen-bond acceptors (Lipinski definition) is 2. The van der Waals surface area contributed by atoms with Gasteiger partial charge in [-0.05, 0) is 93.9 Å². The molecule has 5 aromatic carbocycles. The Morgan fingerprint density at radius 3 is 1.90 bits per heavy atom. The van der Waals surface area contributed by atoms with Gasteiger partial charge in [-0.1, -0.05) is 88.2 Å². The zero-order valence-electron chi connectivity index (χ0n) is 21.8. The van der Waals surface area contributed by atoms with Crippen LogP contribution in [0.2, 0.25) is 5.02 Å². The van der Waals surface area contributed by atoms with E-state index in [0.29, 0.717) is 33.5 Å². The van der Waals surface area contributed by atoms with E-state index < -0.39 is 11.7 Å². The maximum Gasteiger partial charge on any atom is 0.416 e. The van der Waals surface area contributed by atoms with E-state index >= 15 is 0 Å². The summed E-state index contributed by atoms with van der Waals surface area (Å²) in [5, 5.41) is 0.733. The van der Waals surface area contributed by atoms with E-state index in [-0.39, 0.29) is 12.4 Å². The molecule has 0 aliphatic rings. The van der Waals surface area contributed by atoms with Gasteiger partial charge in [0.05, 0.1) is 9.13 Å². The third-order valence-corrected chi connectivity index (χ3v) is 7.68. The van der Waals surface area contributed by atoms with Crippen molar-refractivity contribution in [3.63, 3.8) is 0 Å². The first-order chi connectivity index (χ1) is 20.1. The Hall–Kier alpha value is -3.08. The molecule has 0 spiro atoms. The number of benzene rings is 5. The van der Waals surface area contributed by atoms with Crippen LogP contribution in [0.4, 0.5) is 17.6 Å². The zero-order valence-corrected chi connectivity index (χ0v) is 26.3. The molecule has 0 bridgehead atoms. The highest BCUT2D eigenvalue weighted by Crippen LogP contribution is 2.40. The number of rotatable bonds is 7. The normalized spacial score (nSPS) is 10.9. The van der Waals surface area contributed by atoms with E-state index in [1.165, 1.54) is 18.2 Å². The lowest BCUT2D eigenvalue weighted by atomic mass is 10.0. The van der Waals surface area contributed by atoms with E-state index in [4.69, 9.17) is 21.1 Å². The lowest BCUT2D eigenvalue weighted by Gasteiger charge is -2.16. The second-order valence-electron chi connectivity index (χ2n) is 8.95. The predicted molar refractivity (Wildman–Crippen MR) is 170 cm³/mol. The Bertz CT molecular complexity index is 1610. The van der Waals surface area contributed by atoms with Crippen molar-refractivity contribution in [1.29, 1.82) is 0 Å². The second-order valence-corrected chi connectivity index (χ2v) is 11.4. The molecule has 0 fully saturated rings. The monoisotopic (exact) mass is 768 g/mol. The van der Waals surface area contributed by atoms with Crippen molar-refractivity contribution in [3.05, 3.63) is 151 Å². The molecular formula is C33H23BrClF4IO2. The van der Waals surface area contributed by atoms with E-state index in [2.05, 4.69) is 38.5 Å². The molecule has 9 heteroatoms. The van der Waals surface area contributed by atoms with Gasteiger partial charge in [0.15, 0.2) is 0 Å². The summed E-state index contributed by atoms with van der Waals surface area (Å²) >= 11 is 11.5. The molecule has 0 radical (unpaired) electrons. The molecule has 2 nitrogen and oxygen atoms in total. The van der Waals surface area contributed by atoms with Crippen molar-refractivity contribution in [2.24, 2.45) is 0 Å². The summed E-state index contributed by atoms with van der Waals surface area (Å²) in [7, 11) is 0. The summed E-state index contributed by atoms with van der Waals surface area (Å²) in [6, 6.07) is 31.8. The molecule has 42 heavy (non-hydrogen) atoms. The number of alkyl halides is 3. The summed E-state index contributed by atoms with van der Waals surface area (Å²) in [5.74, 6) is 0.820. The third-order valence-electron chi connectivity index (χ3n) is 5.91. The maximum absolute atomic E-state index is 13.1. The predicted octanol–water partition coefficient (Wildman–Crippen LogP) is 11.4. The minimum Gasteiger partial charge on any atom is -0.488 e. The Morgan fingerprint density at radius 2 is 1.26 bits per heavy atom. The summed E-state index contributed by atoms with van der Waals surface area (Å²) in [6.07, 6.45) is -4.45. The molecule has 0 aromatic heterocycles. The average molecular weight is 770 g/mol. The SMILES string of the molecule is Clc1ccc(OCc2ccccc2)c(I)c1.Fc1ccc(COc2ccc(C(F)(F)F)cc2-c2ccccc2Br)cc1. The fourth-order valence-electron chi connectivity index (χ4n) is 3.79. The Labute approximate surface area is 268 Å². The molecule has 5 aromatic rings. The number of hydrogen-bond donors (Lipinski definition) is 0. The zero-order chi connectivity index (χ0) is 30.1. The molecule has 0 N–H and O–H groups in total. The van der Waals surface area contributed by atoms with Crippen LogP contribution in [0.5, 0.6) is 11.5 Å². The smallest absolute Gasteiger partial charge is 0.416 e. The Kier molecular flexibility index (Phi) is 11.3. The van der Waals surface area contributed by atoms with Crippen LogP contribution in [-0.2, 0) is 19.4 Å². The standard InChI is InChI=1S/C20H13BrF4O.C13H10ClIO/c21-18-4-2-1-3-16(18)17-11-14(20(23,24)25)7-10-19(17)26-12-13-5-8-15(22)9-6-13;14-11-6-7-13(12(15)8-11)16-9-10-4-2-1-3-5-10/h1-11H,12H2;1-8H,9H2. The molecule has 0 aliphatic carbocycles. The van der Waals surface area contributed by atoms with Crippen LogP contribution in [0, 0.1) is 9.39 Å². The van der Waals surface area contributed by atoms with Crippen molar-refractivity contribution in [2.45, 2.75) is 19.4 Å². The second kappa shape index (κ2) is 14.9. The molecule has 216 valence electrons. The van der Waals surface area contributed by atoms with Gasteiger partial charge in [-0.15, -0.1) is 0 Å². The minimum atomic E-state index is -4.45. The van der Waals surface area contributed by atoms with E-state index in [1.54, 1.807) is 36.4 Å². The van der Waals surface area contributed by atoms with Crippen molar-refractivity contribution >= 4 is 50.1 Å². The van der Waals surface area contributed by atoms with E-state index in [9.17, 15) is 17.6 Å². The van der Waals surface area contributed by atoms with Crippen LogP contribution in [0.15, 0.2) is 120 Å². The van der Waals surface area contributed by atoms with Gasteiger partial charge in [0.1, 0.15) is 30.5 Å². The van der Waals surface area contributed by atoms with Crippen LogP contribution in [0.25, 0.3) is 11.1 Å². The number of ether oxygens (including phenoxy) is 2. The molecule has 0 aliphatic heterocycles. The van der Waals surface area contributed by atoms with Gasteiger partial charge < -0.3 is 9.47 Å². The molecule has 5 rings (SSSR count). The van der Waals surface area contributed by atoms with Crippen molar-refractivity contribution in [2.75, 3.05) is 0 Å². The maximum atomic E-state index is 13.1. The first kappa shape index (κ1) is 31.8. The fourth-order valence-corrected chi connectivity index (χ4v) is 5.32. The van der Waals surface area contributed by atoms with E-state index in [1.807, 2.05) is 48.5 Å². The largest absolute Gasteiger partial charge is 0.488 e. The lowest BCUT2D eigenvalue weighted by molar-refractivity contribution is -0.137. The van der Waals surface area contributed by atoms with Crippen molar-refractivity contribution < 1.29 is 27.0 Å². The van der Waals surface area contributed by atoms with Gasteiger partial charge in [-0.3, -0.25) is 0 Å². The Balaban J connectivity index is 0.000000216. The quantitative estimate of drug-likeness (QED) is 0.121. The third kappa shape index (κ3) is 9.21. The van der Waals surface area contributed by atoms with Crippen LogP contribution in [0.3, 0.4) is 0 Å². The van der Waals surface area contributed by atoms with Crippen LogP contribution in [-0.4, -0.2) is 0 Å². The van der Waals surface area contributed by atoms with E-state index in [0.717, 1.165) is 32.0 Å². The summed E-state index contributed by atoms with van der Waals surface area (Å²) < 4.78 is 65.5. The minimum absolute atomic E-state index is 0.114. The first-order valence-corrected chi connectivity index (χ1v) is 14.8. The molecule has 0 amide bonds. The molecule has 0 heterocycles. The van der Waals surface area contributed by atoms with Crippen molar-refractivity contribution in [1.82, 2.24) is 0 Å². The van der Waals surface area contributed by atoms with Crippen LogP contribution >= 0.6 is 50.1 Å². The van der Waals surface area contributed by atoms with Gasteiger partial charge >= 0.3 is 6.18 Å². The van der Waals surface area contributed by atoms with Gasteiger partial charge in [0, 0.05) is 15.1 Å². The first-order valence-electron chi connectivity index (χ1n) is 12.6. The van der Waals surface area contributed by atoms with Gasteiger partial charge in [0.2, 0.25) is 0 Å². The van der Waals surface area contributed by atoms with Gasteiger partial charge in [-0.25, -0.2) is 4.39 Å². The van der Waals surface area contributed by atoms with Crippen molar-refractivity contribution in [3.8, 4) is 22.6 Å². The summed E-state index contributed by atoms with van der Waals surface area (Å²) in [5.41, 5.74) is 2.04. The highest BCUT2D eigenvalue weighted by atomic mass is 127. The average Bonchev–Trinajstić information content (AvgIpc) is 2.97. The summed E-state index contributed by atoms with van der Waals surface area (Å²) in [6.45, 7) is 0.696. The number of halogens is 7. The fraction of sp³-hybridized carbons (Fsp3) is 0.0909. The molecule has 0 atom stereocenters. The highest BCUT2D eigenvalue weighted by Gasteiger charge is 2.31. The molecule has 0 unspecified atom stereocenters. The van der Waals surface area contributed by atoms with Crippen LogP contribution < -0.4 is 9.47 Å². The summed E-state index contributed by atoms with van der Waals surface area (Å²) in [4.78, 5) is 0. The van der Waals surface area contributed by atoms with Gasteiger partial charge in [-0.2, -0.15) is 13.2 Å². The Morgan fingerprint density at radius 1 is 0.667 bits per heavy atom.